The molecule has 0 aliphatic rings. The molecule has 0 aromatic rings. The first kappa shape index (κ1) is 9.68. The van der Waals surface area contributed by atoms with Crippen LogP contribution in [0, 0.1) is 0 Å². The molecule has 4 heteroatoms. The van der Waals surface area contributed by atoms with Crippen molar-refractivity contribution in [3.63, 3.8) is 0 Å². The molecule has 0 saturated heterocycles. The van der Waals surface area contributed by atoms with E-state index in [0.717, 1.165) is 0 Å². The molecule has 0 aromatic carbocycles. The summed E-state index contributed by atoms with van der Waals surface area (Å²) in [5, 5.41) is 0. The summed E-state index contributed by atoms with van der Waals surface area (Å²) >= 11 is 0. The van der Waals surface area contributed by atoms with Gasteiger partial charge in [0.25, 0.3) is 0 Å². The van der Waals surface area contributed by atoms with Crippen molar-refractivity contribution in [3.05, 3.63) is 12.7 Å². The molecule has 0 aliphatic carbocycles. The molecule has 11 heavy (non-hydrogen) atoms. The Morgan fingerprint density at radius 1 is 1.55 bits per heavy atom. The lowest BCUT2D eigenvalue weighted by molar-refractivity contribution is -0.115. The van der Waals surface area contributed by atoms with Gasteiger partial charge in [-0.3, -0.25) is 4.79 Å². The maximum absolute atomic E-state index is 10.5. The fourth-order valence-electron chi connectivity index (χ4n) is 0.396. The molecule has 0 bridgehead atoms. The van der Waals surface area contributed by atoms with Crippen molar-refractivity contribution in [2.24, 2.45) is 0 Å². The molecular formula is C7H10O4. The van der Waals surface area contributed by atoms with Gasteiger partial charge in [-0.05, 0) is 6.08 Å². The highest BCUT2D eigenvalue weighted by atomic mass is 16.7. The molecule has 4 nitrogen and oxygen atoms in total. The second-order valence-corrected chi connectivity index (χ2v) is 1.72. The molecule has 0 rings (SSSR count). The van der Waals surface area contributed by atoms with Gasteiger partial charge in [-0.2, -0.15) is 0 Å². The smallest absolute Gasteiger partial charge is 0.438 e. The molecule has 0 amide bonds. The highest BCUT2D eigenvalue weighted by Gasteiger charge is 2.01. The molecular weight excluding hydrogens is 148 g/mol. The summed E-state index contributed by atoms with van der Waals surface area (Å²) in [5.74, 6) is -0.158. The van der Waals surface area contributed by atoms with Crippen LogP contribution < -0.4 is 0 Å². The Balaban J connectivity index is 3.34. The summed E-state index contributed by atoms with van der Waals surface area (Å²) in [6.07, 6.45) is 0.557. The van der Waals surface area contributed by atoms with E-state index in [-0.39, 0.29) is 18.8 Å². The van der Waals surface area contributed by atoms with Crippen LogP contribution in [0.15, 0.2) is 12.7 Å². The Bertz CT molecular complexity index is 162. The lowest BCUT2D eigenvalue weighted by Gasteiger charge is -1.99. The van der Waals surface area contributed by atoms with E-state index in [1.54, 1.807) is 0 Å². The topological polar surface area (TPSA) is 52.6 Å². The summed E-state index contributed by atoms with van der Waals surface area (Å²) < 4.78 is 8.60. The van der Waals surface area contributed by atoms with Gasteiger partial charge >= 0.3 is 6.16 Å². The highest BCUT2D eigenvalue weighted by molar-refractivity contribution is 5.89. The van der Waals surface area contributed by atoms with E-state index < -0.39 is 6.16 Å². The first-order valence-corrected chi connectivity index (χ1v) is 3.06. The number of carbonyl (C=O) groups excluding carboxylic acids is 2. The third-order valence-corrected chi connectivity index (χ3v) is 0.963. The van der Waals surface area contributed by atoms with E-state index in [2.05, 4.69) is 16.1 Å². The molecule has 0 radical (unpaired) electrons. The average molecular weight is 158 g/mol. The zero-order valence-electron chi connectivity index (χ0n) is 6.33. The fourth-order valence-corrected chi connectivity index (χ4v) is 0.396. The van der Waals surface area contributed by atoms with Gasteiger partial charge in [0.1, 0.15) is 6.61 Å². The quantitative estimate of drug-likeness (QED) is 0.451. The van der Waals surface area contributed by atoms with Gasteiger partial charge in [-0.25, -0.2) is 4.79 Å². The molecule has 0 spiro atoms. The van der Waals surface area contributed by atoms with Crippen molar-refractivity contribution < 1.29 is 19.1 Å². The van der Waals surface area contributed by atoms with Crippen LogP contribution in [0.3, 0.4) is 0 Å². The van der Waals surface area contributed by atoms with Gasteiger partial charge in [0.05, 0.1) is 7.11 Å². The highest BCUT2D eigenvalue weighted by Crippen LogP contribution is 1.88. The van der Waals surface area contributed by atoms with Crippen LogP contribution in [0.4, 0.5) is 4.79 Å². The molecule has 0 heterocycles. The maximum Gasteiger partial charge on any atom is 0.507 e. The fraction of sp³-hybridized carbons (Fsp3) is 0.429. The maximum atomic E-state index is 10.5. The van der Waals surface area contributed by atoms with Crippen LogP contribution in [-0.4, -0.2) is 25.7 Å². The molecule has 0 N–H and O–H groups in total. The Morgan fingerprint density at radius 3 is 2.64 bits per heavy atom. The van der Waals surface area contributed by atoms with Gasteiger partial charge in [-0.1, -0.05) is 6.58 Å². The molecule has 0 atom stereocenters. The second-order valence-electron chi connectivity index (χ2n) is 1.72. The van der Waals surface area contributed by atoms with Crippen LogP contribution in [0.5, 0.6) is 0 Å². The standard InChI is InChI=1S/C7H10O4/c1-3-6(8)4-5-11-7(9)10-2/h3H,1,4-5H2,2H3. The molecule has 0 fully saturated rings. The van der Waals surface area contributed by atoms with Crippen LogP contribution >= 0.6 is 0 Å². The molecule has 0 saturated carbocycles. The molecule has 62 valence electrons. The van der Waals surface area contributed by atoms with Crippen molar-refractivity contribution in [1.82, 2.24) is 0 Å². The summed E-state index contributed by atoms with van der Waals surface area (Å²) in [5.41, 5.74) is 0. The minimum atomic E-state index is -0.776. The van der Waals surface area contributed by atoms with Crippen LogP contribution in [0.2, 0.25) is 0 Å². The zero-order valence-corrected chi connectivity index (χ0v) is 6.33. The van der Waals surface area contributed by atoms with Crippen molar-refractivity contribution in [1.29, 1.82) is 0 Å². The van der Waals surface area contributed by atoms with Crippen molar-refractivity contribution in [2.45, 2.75) is 6.42 Å². The number of allylic oxidation sites excluding steroid dienone is 1. The van der Waals surface area contributed by atoms with Gasteiger partial charge in [-0.15, -0.1) is 0 Å². The summed E-state index contributed by atoms with van der Waals surface area (Å²) in [4.78, 5) is 20.8. The van der Waals surface area contributed by atoms with Crippen LogP contribution in [0.25, 0.3) is 0 Å². The molecule has 0 aliphatic heterocycles. The number of methoxy groups -OCH3 is 1. The lowest BCUT2D eigenvalue weighted by Crippen LogP contribution is -2.08. The lowest BCUT2D eigenvalue weighted by atomic mass is 10.3. The Labute approximate surface area is 64.8 Å². The van der Waals surface area contributed by atoms with Gasteiger partial charge in [0.15, 0.2) is 5.78 Å². The predicted octanol–water partition coefficient (Wildman–Crippen LogP) is 0.915. The number of ketones is 1. The number of hydrogen-bond acceptors (Lipinski definition) is 4. The number of rotatable bonds is 4. The van der Waals surface area contributed by atoms with Crippen molar-refractivity contribution in [3.8, 4) is 0 Å². The third-order valence-electron chi connectivity index (χ3n) is 0.963. The average Bonchev–Trinajstić information content (AvgIpc) is 2.04. The SMILES string of the molecule is C=CC(=O)CCOC(=O)OC. The molecule has 0 aromatic heterocycles. The Hall–Kier alpha value is -1.32. The van der Waals surface area contributed by atoms with E-state index in [1.165, 1.54) is 13.2 Å². The Morgan fingerprint density at radius 2 is 2.18 bits per heavy atom. The number of carbonyl (C=O) groups is 2. The van der Waals surface area contributed by atoms with Crippen LogP contribution in [0.1, 0.15) is 6.42 Å². The van der Waals surface area contributed by atoms with Gasteiger partial charge in [0.2, 0.25) is 0 Å². The van der Waals surface area contributed by atoms with E-state index >= 15 is 0 Å². The van der Waals surface area contributed by atoms with Gasteiger partial charge < -0.3 is 9.47 Å². The van der Waals surface area contributed by atoms with Crippen LogP contribution in [-0.2, 0) is 14.3 Å². The van der Waals surface area contributed by atoms with E-state index in [1.807, 2.05) is 0 Å². The minimum absolute atomic E-state index is 0.0392. The number of hydrogen-bond donors (Lipinski definition) is 0. The van der Waals surface area contributed by atoms with Gasteiger partial charge in [0, 0.05) is 6.42 Å². The zero-order chi connectivity index (χ0) is 8.69. The summed E-state index contributed by atoms with van der Waals surface area (Å²) in [6.45, 7) is 3.30. The van der Waals surface area contributed by atoms with E-state index in [4.69, 9.17) is 0 Å². The van der Waals surface area contributed by atoms with E-state index in [0.29, 0.717) is 0 Å². The molecule has 0 unspecified atom stereocenters. The van der Waals surface area contributed by atoms with Crippen molar-refractivity contribution in [2.75, 3.05) is 13.7 Å². The summed E-state index contributed by atoms with van der Waals surface area (Å²) in [7, 11) is 1.21. The normalized spacial score (nSPS) is 8.45. The first-order valence-electron chi connectivity index (χ1n) is 3.06. The third kappa shape index (κ3) is 5.14. The second kappa shape index (κ2) is 5.46. The Kier molecular flexibility index (Phi) is 4.81. The predicted molar refractivity (Wildman–Crippen MR) is 38.2 cm³/mol. The number of ether oxygens (including phenoxy) is 2. The van der Waals surface area contributed by atoms with E-state index in [9.17, 15) is 9.59 Å². The largest absolute Gasteiger partial charge is 0.507 e. The summed E-state index contributed by atoms with van der Waals surface area (Å²) in [6, 6.07) is 0. The van der Waals surface area contributed by atoms with Crippen molar-refractivity contribution >= 4 is 11.9 Å². The monoisotopic (exact) mass is 158 g/mol. The first-order chi connectivity index (χ1) is 5.20. The minimum Gasteiger partial charge on any atom is -0.438 e.